The standard InChI is InChI=1S/C15H13ClIN3OS/c1-8-3-4-10(11(16)7-8)14(21)20-15(22)19-13-6-5-12(17)9(2)18-13/h3-7H,1-2H3,(H2,18,19,20,21,22). The van der Waals surface area contributed by atoms with Gasteiger partial charge in [0.25, 0.3) is 5.91 Å². The Morgan fingerprint density at radius 3 is 2.64 bits per heavy atom. The largest absolute Gasteiger partial charge is 0.317 e. The van der Waals surface area contributed by atoms with E-state index >= 15 is 0 Å². The molecule has 4 nitrogen and oxygen atoms in total. The first kappa shape index (κ1) is 17.1. The summed E-state index contributed by atoms with van der Waals surface area (Å²) >= 11 is 13.4. The van der Waals surface area contributed by atoms with Crippen LogP contribution >= 0.6 is 46.4 Å². The van der Waals surface area contributed by atoms with Crippen molar-refractivity contribution in [2.24, 2.45) is 0 Å². The van der Waals surface area contributed by atoms with Gasteiger partial charge in [0.05, 0.1) is 16.3 Å². The molecule has 0 aliphatic rings. The number of hydrogen-bond donors (Lipinski definition) is 2. The first-order valence-electron chi connectivity index (χ1n) is 6.38. The zero-order valence-electron chi connectivity index (χ0n) is 11.9. The third kappa shape index (κ3) is 4.37. The van der Waals surface area contributed by atoms with Gasteiger partial charge < -0.3 is 5.32 Å². The summed E-state index contributed by atoms with van der Waals surface area (Å²) in [6.07, 6.45) is 0. The lowest BCUT2D eigenvalue weighted by Gasteiger charge is -2.11. The molecule has 2 rings (SSSR count). The monoisotopic (exact) mass is 445 g/mol. The van der Waals surface area contributed by atoms with Crippen LogP contribution in [0.3, 0.4) is 0 Å². The number of aryl methyl sites for hydroxylation is 2. The SMILES string of the molecule is Cc1ccc(C(=O)NC(=S)Nc2ccc(I)c(C)n2)c(Cl)c1. The number of carbonyl (C=O) groups is 1. The van der Waals surface area contributed by atoms with E-state index in [9.17, 15) is 4.79 Å². The summed E-state index contributed by atoms with van der Waals surface area (Å²) in [6.45, 7) is 3.81. The van der Waals surface area contributed by atoms with Crippen molar-refractivity contribution in [2.45, 2.75) is 13.8 Å². The Hall–Kier alpha value is -1.25. The summed E-state index contributed by atoms with van der Waals surface area (Å²) < 4.78 is 1.06. The first-order valence-corrected chi connectivity index (χ1v) is 8.25. The van der Waals surface area contributed by atoms with Crippen LogP contribution in [0.15, 0.2) is 30.3 Å². The zero-order chi connectivity index (χ0) is 16.3. The highest BCUT2D eigenvalue weighted by Gasteiger charge is 2.12. The van der Waals surface area contributed by atoms with Crippen LogP contribution in [0.2, 0.25) is 5.02 Å². The van der Waals surface area contributed by atoms with Crippen LogP contribution in [0, 0.1) is 17.4 Å². The molecule has 1 amide bonds. The van der Waals surface area contributed by atoms with Gasteiger partial charge in [0.2, 0.25) is 0 Å². The van der Waals surface area contributed by atoms with Crippen LogP contribution < -0.4 is 10.6 Å². The fourth-order valence-electron chi connectivity index (χ4n) is 1.74. The minimum Gasteiger partial charge on any atom is -0.317 e. The number of anilines is 1. The number of nitrogens with one attached hydrogen (secondary N) is 2. The lowest BCUT2D eigenvalue weighted by atomic mass is 10.1. The van der Waals surface area contributed by atoms with E-state index in [1.165, 1.54) is 0 Å². The summed E-state index contributed by atoms with van der Waals surface area (Å²) in [4.78, 5) is 16.5. The molecule has 2 N–H and O–H groups in total. The molecule has 0 aliphatic carbocycles. The Labute approximate surface area is 152 Å². The maximum absolute atomic E-state index is 12.2. The minimum atomic E-state index is -0.357. The summed E-state index contributed by atoms with van der Waals surface area (Å²) in [7, 11) is 0. The van der Waals surface area contributed by atoms with Crippen LogP contribution in [0.5, 0.6) is 0 Å². The minimum absolute atomic E-state index is 0.176. The molecule has 22 heavy (non-hydrogen) atoms. The molecule has 2 aromatic rings. The molecule has 0 saturated heterocycles. The van der Waals surface area contributed by atoms with Crippen LogP contribution in [0.4, 0.5) is 5.82 Å². The second-order valence-electron chi connectivity index (χ2n) is 4.66. The van der Waals surface area contributed by atoms with E-state index in [-0.39, 0.29) is 11.0 Å². The predicted octanol–water partition coefficient (Wildman–Crippen LogP) is 4.08. The van der Waals surface area contributed by atoms with Gasteiger partial charge in [0.1, 0.15) is 5.82 Å². The van der Waals surface area contributed by atoms with Crippen molar-refractivity contribution in [1.82, 2.24) is 10.3 Å². The molecule has 0 radical (unpaired) electrons. The van der Waals surface area contributed by atoms with Crippen molar-refractivity contribution in [3.8, 4) is 0 Å². The fourth-order valence-corrected chi connectivity index (χ4v) is 2.55. The van der Waals surface area contributed by atoms with Crippen LogP contribution in [-0.2, 0) is 0 Å². The Kier molecular flexibility index (Phi) is 5.71. The van der Waals surface area contributed by atoms with Gasteiger partial charge in [-0.2, -0.15) is 0 Å². The third-order valence-electron chi connectivity index (χ3n) is 2.86. The summed E-state index contributed by atoms with van der Waals surface area (Å²) in [5, 5.41) is 6.05. The molecule has 1 aromatic carbocycles. The Bertz CT molecular complexity index is 752. The van der Waals surface area contributed by atoms with Gasteiger partial charge in [-0.1, -0.05) is 17.7 Å². The fraction of sp³-hybridized carbons (Fsp3) is 0.133. The summed E-state index contributed by atoms with van der Waals surface area (Å²) in [5.74, 6) is 0.225. The number of hydrogen-bond acceptors (Lipinski definition) is 3. The van der Waals surface area contributed by atoms with Gasteiger partial charge in [-0.05, 0) is 78.5 Å². The quantitative estimate of drug-likeness (QED) is 0.540. The number of nitrogens with zero attached hydrogens (tertiary/aromatic N) is 1. The number of benzene rings is 1. The normalized spacial score (nSPS) is 10.2. The number of aromatic nitrogens is 1. The maximum Gasteiger partial charge on any atom is 0.258 e. The smallest absolute Gasteiger partial charge is 0.258 e. The predicted molar refractivity (Wildman–Crippen MR) is 102 cm³/mol. The Morgan fingerprint density at radius 1 is 1.27 bits per heavy atom. The second-order valence-corrected chi connectivity index (χ2v) is 6.63. The molecule has 0 fully saturated rings. The molecule has 0 saturated carbocycles. The Balaban J connectivity index is 2.05. The van der Waals surface area contributed by atoms with Crippen molar-refractivity contribution < 1.29 is 4.79 Å². The molecule has 1 aromatic heterocycles. The van der Waals surface area contributed by atoms with E-state index in [4.69, 9.17) is 23.8 Å². The Morgan fingerprint density at radius 2 is 2.00 bits per heavy atom. The van der Waals surface area contributed by atoms with Crippen molar-refractivity contribution in [1.29, 1.82) is 0 Å². The molecule has 1 heterocycles. The van der Waals surface area contributed by atoms with Gasteiger partial charge in [-0.15, -0.1) is 0 Å². The number of carbonyl (C=O) groups excluding carboxylic acids is 1. The van der Waals surface area contributed by atoms with Crippen LogP contribution in [-0.4, -0.2) is 16.0 Å². The van der Waals surface area contributed by atoms with Gasteiger partial charge >= 0.3 is 0 Å². The molecular weight excluding hydrogens is 433 g/mol. The van der Waals surface area contributed by atoms with Gasteiger partial charge in [-0.25, -0.2) is 4.98 Å². The van der Waals surface area contributed by atoms with Gasteiger partial charge in [-0.3, -0.25) is 10.1 Å². The van der Waals surface area contributed by atoms with E-state index in [0.717, 1.165) is 14.8 Å². The van der Waals surface area contributed by atoms with Crippen LogP contribution in [0.25, 0.3) is 0 Å². The maximum atomic E-state index is 12.2. The summed E-state index contributed by atoms with van der Waals surface area (Å²) in [6, 6.07) is 8.94. The zero-order valence-corrected chi connectivity index (χ0v) is 15.6. The van der Waals surface area contributed by atoms with Crippen molar-refractivity contribution in [3.63, 3.8) is 0 Å². The van der Waals surface area contributed by atoms with E-state index in [0.29, 0.717) is 16.4 Å². The summed E-state index contributed by atoms with van der Waals surface area (Å²) in [5.41, 5.74) is 2.25. The molecule has 0 atom stereocenters. The molecule has 114 valence electrons. The number of amides is 1. The average Bonchev–Trinajstić information content (AvgIpc) is 2.42. The van der Waals surface area contributed by atoms with Crippen molar-refractivity contribution in [3.05, 3.63) is 55.7 Å². The lowest BCUT2D eigenvalue weighted by Crippen LogP contribution is -2.34. The number of pyridine rings is 1. The van der Waals surface area contributed by atoms with E-state index in [1.807, 2.05) is 26.0 Å². The van der Waals surface area contributed by atoms with Gasteiger partial charge in [0.15, 0.2) is 5.11 Å². The first-order chi connectivity index (χ1) is 10.4. The number of thiocarbonyl (C=S) groups is 1. The highest BCUT2D eigenvalue weighted by molar-refractivity contribution is 14.1. The molecule has 0 spiro atoms. The third-order valence-corrected chi connectivity index (χ3v) is 4.52. The lowest BCUT2D eigenvalue weighted by molar-refractivity contribution is 0.0978. The molecular formula is C15H13ClIN3OS. The van der Waals surface area contributed by atoms with Crippen molar-refractivity contribution >= 4 is 63.2 Å². The van der Waals surface area contributed by atoms with E-state index < -0.39 is 0 Å². The highest BCUT2D eigenvalue weighted by atomic mass is 127. The number of halogens is 2. The number of rotatable bonds is 2. The highest BCUT2D eigenvalue weighted by Crippen LogP contribution is 2.17. The van der Waals surface area contributed by atoms with Gasteiger partial charge in [0, 0.05) is 3.57 Å². The van der Waals surface area contributed by atoms with E-state index in [2.05, 4.69) is 38.2 Å². The molecule has 7 heteroatoms. The second kappa shape index (κ2) is 7.34. The average molecular weight is 446 g/mol. The molecule has 0 unspecified atom stereocenters. The van der Waals surface area contributed by atoms with E-state index in [1.54, 1.807) is 18.2 Å². The van der Waals surface area contributed by atoms with Crippen molar-refractivity contribution in [2.75, 3.05) is 5.32 Å². The topological polar surface area (TPSA) is 54.0 Å². The molecule has 0 bridgehead atoms. The van der Waals surface area contributed by atoms with Crippen LogP contribution in [0.1, 0.15) is 21.6 Å². The molecule has 0 aliphatic heterocycles.